The van der Waals surface area contributed by atoms with Gasteiger partial charge in [0.1, 0.15) is 18.0 Å². The van der Waals surface area contributed by atoms with Gasteiger partial charge in [0, 0.05) is 29.9 Å². The van der Waals surface area contributed by atoms with Crippen LogP contribution in [0.2, 0.25) is 10.0 Å². The molecule has 0 saturated carbocycles. The average molecular weight is 525 g/mol. The Morgan fingerprint density at radius 3 is 2.69 bits per heavy atom. The van der Waals surface area contributed by atoms with Gasteiger partial charge in [-0.3, -0.25) is 9.59 Å². The summed E-state index contributed by atoms with van der Waals surface area (Å²) in [5.74, 6) is 0.105. The lowest BCUT2D eigenvalue weighted by Gasteiger charge is -2.19. The highest BCUT2D eigenvalue weighted by Crippen LogP contribution is 2.31. The van der Waals surface area contributed by atoms with Crippen LogP contribution in [0.1, 0.15) is 41.5 Å². The SMILES string of the molecule is O=C(O)CCC[C@H](Nc1ncnc2cc(C(=O)N3CC=CC3)c(Cl)cc12)c1nc2cc(Cl)ccc2[nH]1. The van der Waals surface area contributed by atoms with Gasteiger partial charge in [-0.15, -0.1) is 0 Å². The summed E-state index contributed by atoms with van der Waals surface area (Å²) in [5.41, 5.74) is 2.46. The number of halogens is 2. The second kappa shape index (κ2) is 10.1. The molecule has 0 aliphatic carbocycles. The number of aliphatic carboxylic acids is 1. The molecule has 1 aliphatic rings. The van der Waals surface area contributed by atoms with Crippen molar-refractivity contribution in [3.05, 3.63) is 70.2 Å². The maximum atomic E-state index is 12.9. The third kappa shape index (κ3) is 4.98. The first kappa shape index (κ1) is 24.0. The summed E-state index contributed by atoms with van der Waals surface area (Å²) in [5, 5.41) is 14.0. The summed E-state index contributed by atoms with van der Waals surface area (Å²) < 4.78 is 0. The van der Waals surface area contributed by atoms with E-state index in [1.54, 1.807) is 29.2 Å². The Kier molecular flexibility index (Phi) is 6.75. The molecule has 184 valence electrons. The molecule has 0 fully saturated rings. The Labute approximate surface area is 216 Å². The van der Waals surface area contributed by atoms with Gasteiger partial charge in [0.25, 0.3) is 5.91 Å². The molecule has 1 amide bonds. The minimum Gasteiger partial charge on any atom is -0.481 e. The van der Waals surface area contributed by atoms with E-state index in [1.807, 2.05) is 18.2 Å². The number of carboxylic acids is 1. The highest BCUT2D eigenvalue weighted by Gasteiger charge is 2.22. The summed E-state index contributed by atoms with van der Waals surface area (Å²) in [6, 6.07) is 8.37. The zero-order valence-corrected chi connectivity index (χ0v) is 20.6. The Bertz CT molecular complexity index is 1490. The first-order chi connectivity index (χ1) is 17.4. The monoisotopic (exact) mass is 524 g/mol. The number of rotatable bonds is 8. The second-order valence-electron chi connectivity index (χ2n) is 8.52. The van der Waals surface area contributed by atoms with Gasteiger partial charge in [-0.05, 0) is 43.2 Å². The predicted molar refractivity (Wildman–Crippen MR) is 139 cm³/mol. The number of H-pyrrole nitrogens is 1. The number of aromatic amines is 1. The number of carbonyl (C=O) groups is 2. The Balaban J connectivity index is 1.48. The number of anilines is 1. The fourth-order valence-corrected chi connectivity index (χ4v) is 4.64. The van der Waals surface area contributed by atoms with Crippen LogP contribution in [0.4, 0.5) is 5.82 Å². The molecular formula is C25H22Cl2N6O3. The predicted octanol–water partition coefficient (Wildman–Crippen LogP) is 5.23. The van der Waals surface area contributed by atoms with Crippen molar-refractivity contribution in [2.75, 3.05) is 18.4 Å². The van der Waals surface area contributed by atoms with Crippen molar-refractivity contribution in [1.29, 1.82) is 0 Å². The quantitative estimate of drug-likeness (QED) is 0.269. The standard InChI is InChI=1S/C25H22Cl2N6O3/c26-14-6-7-18-21(10-14)32-24(30-18)19(4-3-5-22(34)35)31-23-16-11-17(27)15(12-20(16)28-13-29-23)25(36)33-8-1-2-9-33/h1-2,6-7,10-13,19H,3-5,8-9H2,(H,30,32)(H,34,35)(H,28,29,31)/t19-/m0/s1. The highest BCUT2D eigenvalue weighted by atomic mass is 35.5. The zero-order chi connectivity index (χ0) is 25.2. The number of amides is 1. The van der Waals surface area contributed by atoms with E-state index in [0.29, 0.717) is 69.6 Å². The number of nitrogens with zero attached hydrogens (tertiary/aromatic N) is 4. The fraction of sp³-hybridized carbons (Fsp3) is 0.240. The van der Waals surface area contributed by atoms with Crippen LogP contribution in [-0.4, -0.2) is 54.9 Å². The first-order valence-corrected chi connectivity index (χ1v) is 12.2. The smallest absolute Gasteiger partial charge is 0.303 e. The largest absolute Gasteiger partial charge is 0.481 e. The minimum atomic E-state index is -0.866. The number of benzene rings is 2. The lowest BCUT2D eigenvalue weighted by atomic mass is 10.1. The molecule has 0 saturated heterocycles. The number of imidazole rings is 1. The molecule has 2 aromatic carbocycles. The van der Waals surface area contributed by atoms with Gasteiger partial charge in [0.2, 0.25) is 0 Å². The first-order valence-electron chi connectivity index (χ1n) is 11.4. The molecule has 1 aliphatic heterocycles. The maximum absolute atomic E-state index is 12.9. The Hall–Kier alpha value is -3.69. The van der Waals surface area contributed by atoms with Gasteiger partial charge < -0.3 is 20.3 Å². The summed E-state index contributed by atoms with van der Waals surface area (Å²) in [7, 11) is 0. The summed E-state index contributed by atoms with van der Waals surface area (Å²) in [4.78, 5) is 42.5. The van der Waals surface area contributed by atoms with E-state index in [-0.39, 0.29) is 18.4 Å². The van der Waals surface area contributed by atoms with Crippen LogP contribution in [-0.2, 0) is 4.79 Å². The van der Waals surface area contributed by atoms with Gasteiger partial charge >= 0.3 is 5.97 Å². The molecule has 0 bridgehead atoms. The number of hydrogen-bond donors (Lipinski definition) is 3. The van der Waals surface area contributed by atoms with Crippen LogP contribution < -0.4 is 5.32 Å². The third-order valence-corrected chi connectivity index (χ3v) is 6.60. The summed E-state index contributed by atoms with van der Waals surface area (Å²) >= 11 is 12.7. The lowest BCUT2D eigenvalue weighted by Crippen LogP contribution is -2.28. The number of aromatic nitrogens is 4. The van der Waals surface area contributed by atoms with Crippen LogP contribution in [0.15, 0.2) is 48.8 Å². The van der Waals surface area contributed by atoms with Crippen molar-refractivity contribution in [2.24, 2.45) is 0 Å². The van der Waals surface area contributed by atoms with Gasteiger partial charge in [-0.2, -0.15) is 0 Å². The molecule has 9 nitrogen and oxygen atoms in total. The van der Waals surface area contributed by atoms with E-state index in [4.69, 9.17) is 28.3 Å². The molecule has 4 aromatic rings. The average Bonchev–Trinajstić information content (AvgIpc) is 3.53. The Morgan fingerprint density at radius 1 is 1.11 bits per heavy atom. The lowest BCUT2D eigenvalue weighted by molar-refractivity contribution is -0.137. The van der Waals surface area contributed by atoms with Crippen molar-refractivity contribution >= 4 is 62.8 Å². The molecule has 1 atom stereocenters. The molecule has 3 N–H and O–H groups in total. The van der Waals surface area contributed by atoms with E-state index in [9.17, 15) is 9.59 Å². The van der Waals surface area contributed by atoms with Gasteiger partial charge in [0.05, 0.1) is 33.2 Å². The van der Waals surface area contributed by atoms with Crippen LogP contribution in [0.5, 0.6) is 0 Å². The van der Waals surface area contributed by atoms with E-state index >= 15 is 0 Å². The van der Waals surface area contributed by atoms with Crippen LogP contribution >= 0.6 is 23.2 Å². The van der Waals surface area contributed by atoms with E-state index in [0.717, 1.165) is 5.52 Å². The number of nitrogens with one attached hydrogen (secondary N) is 2. The van der Waals surface area contributed by atoms with E-state index < -0.39 is 5.97 Å². The van der Waals surface area contributed by atoms with Gasteiger partial charge in [-0.25, -0.2) is 15.0 Å². The molecule has 11 heteroatoms. The molecule has 3 heterocycles. The van der Waals surface area contributed by atoms with E-state index in [1.165, 1.54) is 6.33 Å². The van der Waals surface area contributed by atoms with Gasteiger partial charge in [-0.1, -0.05) is 35.4 Å². The van der Waals surface area contributed by atoms with Gasteiger partial charge in [0.15, 0.2) is 0 Å². The highest BCUT2D eigenvalue weighted by molar-refractivity contribution is 6.35. The normalized spacial score (nSPS) is 14.0. The van der Waals surface area contributed by atoms with Crippen molar-refractivity contribution < 1.29 is 14.7 Å². The number of fused-ring (bicyclic) bond motifs is 2. The number of carbonyl (C=O) groups excluding carboxylic acids is 1. The molecule has 36 heavy (non-hydrogen) atoms. The van der Waals surface area contributed by atoms with Crippen LogP contribution in [0.3, 0.4) is 0 Å². The second-order valence-corrected chi connectivity index (χ2v) is 9.36. The van der Waals surface area contributed by atoms with Crippen molar-refractivity contribution in [3.63, 3.8) is 0 Å². The number of hydrogen-bond acceptors (Lipinski definition) is 6. The summed E-state index contributed by atoms with van der Waals surface area (Å²) in [6.07, 6.45) is 6.23. The van der Waals surface area contributed by atoms with E-state index in [2.05, 4.69) is 25.3 Å². The van der Waals surface area contributed by atoms with Crippen molar-refractivity contribution in [1.82, 2.24) is 24.8 Å². The molecular weight excluding hydrogens is 503 g/mol. The number of carboxylic acid groups (broad SMARTS) is 1. The zero-order valence-electron chi connectivity index (χ0n) is 19.0. The van der Waals surface area contributed by atoms with Crippen LogP contribution in [0, 0.1) is 0 Å². The summed E-state index contributed by atoms with van der Waals surface area (Å²) in [6.45, 7) is 1.09. The van der Waals surface area contributed by atoms with Crippen molar-refractivity contribution in [3.8, 4) is 0 Å². The van der Waals surface area contributed by atoms with Crippen LogP contribution in [0.25, 0.3) is 21.9 Å². The molecule has 2 aromatic heterocycles. The molecule has 0 unspecified atom stereocenters. The Morgan fingerprint density at radius 2 is 1.92 bits per heavy atom. The van der Waals surface area contributed by atoms with Crippen molar-refractivity contribution in [2.45, 2.75) is 25.3 Å². The fourth-order valence-electron chi connectivity index (χ4n) is 4.23. The minimum absolute atomic E-state index is 0.0252. The molecule has 5 rings (SSSR count). The maximum Gasteiger partial charge on any atom is 0.303 e. The third-order valence-electron chi connectivity index (χ3n) is 6.05. The topological polar surface area (TPSA) is 124 Å². The molecule has 0 spiro atoms. The molecule has 0 radical (unpaired) electrons.